The number of rotatable bonds is 9. The molecule has 0 atom stereocenters. The highest BCUT2D eigenvalue weighted by Gasteiger charge is 2.04. The Balaban J connectivity index is 1.83. The molecular weight excluding hydrogens is 330 g/mol. The van der Waals surface area contributed by atoms with Crippen LogP contribution in [-0.2, 0) is 13.1 Å². The molecule has 0 saturated carbocycles. The largest absolute Gasteiger partial charge is 0.493 e. The lowest BCUT2D eigenvalue weighted by molar-refractivity contribution is 0.298. The molecule has 0 aliphatic carbocycles. The molecule has 2 rings (SSSR count). The highest BCUT2D eigenvalue weighted by atomic mass is 79.9. The molecule has 21 heavy (non-hydrogen) atoms. The fourth-order valence-electron chi connectivity index (χ4n) is 2.08. The summed E-state index contributed by atoms with van der Waals surface area (Å²) in [6.07, 6.45) is 7.70. The van der Waals surface area contributed by atoms with Crippen LogP contribution in [0.3, 0.4) is 0 Å². The number of aromatic nitrogens is 2. The van der Waals surface area contributed by atoms with Crippen molar-refractivity contribution in [1.82, 2.24) is 14.9 Å². The van der Waals surface area contributed by atoms with E-state index in [1.165, 1.54) is 5.56 Å². The standard InChI is InChI=1S/C16H22BrN3O/c1-2-6-18-12-14-11-15(17)4-5-16(14)21-10-3-8-20-9-7-19-13-20/h4-5,7,9,11,13,18H,2-3,6,8,10,12H2,1H3. The summed E-state index contributed by atoms with van der Waals surface area (Å²) in [5.41, 5.74) is 1.19. The molecule has 0 unspecified atom stereocenters. The van der Waals surface area contributed by atoms with E-state index in [4.69, 9.17) is 4.74 Å². The predicted molar refractivity (Wildman–Crippen MR) is 88.5 cm³/mol. The van der Waals surface area contributed by atoms with E-state index in [0.717, 1.165) is 42.7 Å². The van der Waals surface area contributed by atoms with Gasteiger partial charge in [-0.3, -0.25) is 0 Å². The monoisotopic (exact) mass is 351 g/mol. The first-order valence-corrected chi connectivity index (χ1v) is 8.16. The van der Waals surface area contributed by atoms with Gasteiger partial charge in [0.15, 0.2) is 0 Å². The minimum absolute atomic E-state index is 0.709. The van der Waals surface area contributed by atoms with Crippen LogP contribution in [0.15, 0.2) is 41.4 Å². The van der Waals surface area contributed by atoms with Gasteiger partial charge >= 0.3 is 0 Å². The van der Waals surface area contributed by atoms with Crippen molar-refractivity contribution in [3.63, 3.8) is 0 Å². The molecule has 4 nitrogen and oxygen atoms in total. The second-order valence-electron chi connectivity index (χ2n) is 4.93. The third-order valence-electron chi connectivity index (χ3n) is 3.14. The number of hydrogen-bond donors (Lipinski definition) is 1. The highest BCUT2D eigenvalue weighted by molar-refractivity contribution is 9.10. The van der Waals surface area contributed by atoms with Crippen molar-refractivity contribution in [2.45, 2.75) is 32.9 Å². The summed E-state index contributed by atoms with van der Waals surface area (Å²) < 4.78 is 9.08. The second kappa shape index (κ2) is 8.85. The first-order valence-electron chi connectivity index (χ1n) is 7.37. The van der Waals surface area contributed by atoms with Gasteiger partial charge in [0, 0.05) is 35.5 Å². The summed E-state index contributed by atoms with van der Waals surface area (Å²) >= 11 is 3.52. The number of imidazole rings is 1. The minimum atomic E-state index is 0.709. The molecule has 2 aromatic rings. The zero-order chi connectivity index (χ0) is 14.9. The van der Waals surface area contributed by atoms with Crippen molar-refractivity contribution < 1.29 is 4.74 Å². The molecule has 0 fully saturated rings. The lowest BCUT2D eigenvalue weighted by Gasteiger charge is -2.13. The van der Waals surface area contributed by atoms with Crippen LogP contribution in [0.4, 0.5) is 0 Å². The van der Waals surface area contributed by atoms with Gasteiger partial charge in [-0.2, -0.15) is 0 Å². The van der Waals surface area contributed by atoms with Crippen molar-refractivity contribution in [2.75, 3.05) is 13.2 Å². The summed E-state index contributed by atoms with van der Waals surface area (Å²) in [6, 6.07) is 6.17. The number of nitrogens with zero attached hydrogens (tertiary/aromatic N) is 2. The Morgan fingerprint density at radius 3 is 3.05 bits per heavy atom. The average Bonchev–Trinajstić information content (AvgIpc) is 2.99. The molecule has 1 aromatic heterocycles. The van der Waals surface area contributed by atoms with E-state index >= 15 is 0 Å². The molecule has 5 heteroatoms. The predicted octanol–water partition coefficient (Wildman–Crippen LogP) is 3.61. The molecule has 114 valence electrons. The molecule has 1 N–H and O–H groups in total. The van der Waals surface area contributed by atoms with Gasteiger partial charge in [-0.1, -0.05) is 22.9 Å². The van der Waals surface area contributed by atoms with E-state index in [0.29, 0.717) is 6.61 Å². The van der Waals surface area contributed by atoms with Crippen LogP contribution in [0.25, 0.3) is 0 Å². The number of hydrogen-bond acceptors (Lipinski definition) is 3. The number of nitrogens with one attached hydrogen (secondary N) is 1. The second-order valence-corrected chi connectivity index (χ2v) is 5.85. The molecule has 0 amide bonds. The van der Waals surface area contributed by atoms with Crippen molar-refractivity contribution >= 4 is 15.9 Å². The van der Waals surface area contributed by atoms with Crippen LogP contribution in [0, 0.1) is 0 Å². The third kappa shape index (κ3) is 5.52. The van der Waals surface area contributed by atoms with Crippen molar-refractivity contribution in [1.29, 1.82) is 0 Å². The van der Waals surface area contributed by atoms with E-state index in [1.54, 1.807) is 6.20 Å². The number of benzene rings is 1. The molecular formula is C16H22BrN3O. The Labute approximate surface area is 134 Å². The Kier molecular flexibility index (Phi) is 6.76. The summed E-state index contributed by atoms with van der Waals surface area (Å²) in [6.45, 7) is 5.67. The SMILES string of the molecule is CCCNCc1cc(Br)ccc1OCCCn1ccnc1. The molecule has 1 aromatic carbocycles. The number of aryl methyl sites for hydroxylation is 1. The Morgan fingerprint density at radius 2 is 2.29 bits per heavy atom. The smallest absolute Gasteiger partial charge is 0.123 e. The first-order chi connectivity index (χ1) is 10.3. The van der Waals surface area contributed by atoms with Crippen molar-refractivity contribution in [3.8, 4) is 5.75 Å². The summed E-state index contributed by atoms with van der Waals surface area (Å²) in [5.74, 6) is 0.965. The number of ether oxygens (including phenoxy) is 1. The maximum Gasteiger partial charge on any atom is 0.123 e. The summed E-state index contributed by atoms with van der Waals surface area (Å²) in [4.78, 5) is 4.03. The Bertz CT molecular complexity index is 528. The van der Waals surface area contributed by atoms with E-state index in [9.17, 15) is 0 Å². The summed E-state index contributed by atoms with van der Waals surface area (Å²) in [7, 11) is 0. The fraction of sp³-hybridized carbons (Fsp3) is 0.438. The van der Waals surface area contributed by atoms with Gasteiger partial charge < -0.3 is 14.6 Å². The molecule has 0 aliphatic rings. The van der Waals surface area contributed by atoms with Crippen molar-refractivity contribution in [2.24, 2.45) is 0 Å². The van der Waals surface area contributed by atoms with E-state index in [1.807, 2.05) is 24.7 Å². The van der Waals surface area contributed by atoms with E-state index < -0.39 is 0 Å². The van der Waals surface area contributed by atoms with Gasteiger partial charge in [-0.15, -0.1) is 0 Å². The molecule has 0 bridgehead atoms. The first kappa shape index (κ1) is 16.0. The van der Waals surface area contributed by atoms with Gasteiger partial charge in [0.25, 0.3) is 0 Å². The maximum absolute atomic E-state index is 5.93. The van der Waals surface area contributed by atoms with Crippen LogP contribution in [0.2, 0.25) is 0 Å². The van der Waals surface area contributed by atoms with Gasteiger partial charge in [-0.05, 0) is 37.6 Å². The maximum atomic E-state index is 5.93. The molecule has 1 heterocycles. The van der Waals surface area contributed by atoms with Crippen LogP contribution in [0.5, 0.6) is 5.75 Å². The lowest BCUT2D eigenvalue weighted by Crippen LogP contribution is -2.15. The topological polar surface area (TPSA) is 39.1 Å². The normalized spacial score (nSPS) is 10.8. The van der Waals surface area contributed by atoms with Crippen LogP contribution < -0.4 is 10.1 Å². The Morgan fingerprint density at radius 1 is 1.38 bits per heavy atom. The molecule has 0 saturated heterocycles. The van der Waals surface area contributed by atoms with Gasteiger partial charge in [0.1, 0.15) is 5.75 Å². The summed E-state index contributed by atoms with van der Waals surface area (Å²) in [5, 5.41) is 3.42. The zero-order valence-corrected chi connectivity index (χ0v) is 14.0. The lowest BCUT2D eigenvalue weighted by atomic mass is 10.2. The quantitative estimate of drug-likeness (QED) is 0.701. The Hall–Kier alpha value is -1.33. The van der Waals surface area contributed by atoms with E-state index in [-0.39, 0.29) is 0 Å². The van der Waals surface area contributed by atoms with Crippen LogP contribution in [-0.4, -0.2) is 22.7 Å². The third-order valence-corrected chi connectivity index (χ3v) is 3.64. The molecule has 0 radical (unpaired) electrons. The van der Waals surface area contributed by atoms with Crippen molar-refractivity contribution in [3.05, 3.63) is 47.0 Å². The highest BCUT2D eigenvalue weighted by Crippen LogP contribution is 2.23. The fourth-order valence-corrected chi connectivity index (χ4v) is 2.48. The van der Waals surface area contributed by atoms with E-state index in [2.05, 4.69) is 43.8 Å². The molecule has 0 aliphatic heterocycles. The van der Waals surface area contributed by atoms with Crippen LogP contribution in [0.1, 0.15) is 25.3 Å². The number of halogens is 1. The van der Waals surface area contributed by atoms with Gasteiger partial charge in [0.2, 0.25) is 0 Å². The molecule has 0 spiro atoms. The average molecular weight is 352 g/mol. The zero-order valence-electron chi connectivity index (χ0n) is 12.4. The minimum Gasteiger partial charge on any atom is -0.493 e. The van der Waals surface area contributed by atoms with Gasteiger partial charge in [0.05, 0.1) is 12.9 Å². The van der Waals surface area contributed by atoms with Gasteiger partial charge in [-0.25, -0.2) is 4.98 Å². The van der Waals surface area contributed by atoms with Crippen LogP contribution >= 0.6 is 15.9 Å².